The maximum Gasteiger partial charge on any atom is 0.200 e. The van der Waals surface area contributed by atoms with E-state index in [1.165, 1.54) is 0 Å². The molecule has 0 bridgehead atoms. The van der Waals surface area contributed by atoms with Crippen molar-refractivity contribution in [3.8, 4) is 11.5 Å². The Balaban J connectivity index is 2.08. The number of ketones is 1. The van der Waals surface area contributed by atoms with Crippen LogP contribution in [0.1, 0.15) is 28.8 Å². The molecule has 1 aliphatic heterocycles. The van der Waals surface area contributed by atoms with Crippen molar-refractivity contribution in [3.05, 3.63) is 59.7 Å². The third kappa shape index (κ3) is 2.52. The molecule has 0 N–H and O–H groups in total. The summed E-state index contributed by atoms with van der Waals surface area (Å²) >= 11 is 0. The van der Waals surface area contributed by atoms with Crippen LogP contribution in [0.15, 0.2) is 48.5 Å². The first-order valence-corrected chi connectivity index (χ1v) is 6.84. The summed E-state index contributed by atoms with van der Waals surface area (Å²) in [6, 6.07) is 14.7. The quantitative estimate of drug-likeness (QED) is 0.734. The smallest absolute Gasteiger partial charge is 0.200 e. The van der Waals surface area contributed by atoms with Crippen molar-refractivity contribution in [3.63, 3.8) is 0 Å². The van der Waals surface area contributed by atoms with Gasteiger partial charge in [0.05, 0.1) is 24.3 Å². The second-order valence-electron chi connectivity index (χ2n) is 4.73. The molecule has 0 unspecified atom stereocenters. The van der Waals surface area contributed by atoms with Crippen LogP contribution in [0.4, 0.5) is 0 Å². The Labute approximate surface area is 118 Å². The first-order chi connectivity index (χ1) is 9.86. The SMILES string of the molecule is O=C1c2ccccc2OCCCCOc2ccccc21. The average molecular weight is 268 g/mol. The number of carbonyl (C=O) groups is 1. The van der Waals surface area contributed by atoms with Crippen LogP contribution in [0, 0.1) is 0 Å². The van der Waals surface area contributed by atoms with E-state index in [9.17, 15) is 4.79 Å². The minimum Gasteiger partial charge on any atom is -0.493 e. The molecule has 0 atom stereocenters. The number of carbonyl (C=O) groups excluding carboxylic acids is 1. The van der Waals surface area contributed by atoms with Gasteiger partial charge in [-0.2, -0.15) is 0 Å². The van der Waals surface area contributed by atoms with Crippen LogP contribution in [0.25, 0.3) is 0 Å². The molecule has 102 valence electrons. The largest absolute Gasteiger partial charge is 0.493 e. The highest BCUT2D eigenvalue weighted by molar-refractivity contribution is 6.12. The van der Waals surface area contributed by atoms with E-state index in [-0.39, 0.29) is 5.78 Å². The minimum absolute atomic E-state index is 0.0573. The van der Waals surface area contributed by atoms with E-state index in [1.54, 1.807) is 12.1 Å². The Morgan fingerprint density at radius 1 is 0.700 bits per heavy atom. The summed E-state index contributed by atoms with van der Waals surface area (Å²) < 4.78 is 11.5. The van der Waals surface area contributed by atoms with Crippen molar-refractivity contribution >= 4 is 5.78 Å². The number of para-hydroxylation sites is 2. The fourth-order valence-electron chi connectivity index (χ4n) is 2.27. The van der Waals surface area contributed by atoms with E-state index in [0.717, 1.165) is 12.8 Å². The number of hydrogen-bond donors (Lipinski definition) is 0. The molecule has 0 saturated carbocycles. The lowest BCUT2D eigenvalue weighted by Gasteiger charge is -2.11. The van der Waals surface area contributed by atoms with Gasteiger partial charge in [0.25, 0.3) is 0 Å². The molecule has 3 nitrogen and oxygen atoms in total. The standard InChI is InChI=1S/C17H16O3/c18-17-13-7-1-3-9-15(13)19-11-5-6-12-20-16-10-4-2-8-14(16)17/h1-4,7-10H,5-6,11-12H2. The molecule has 3 rings (SSSR count). The summed E-state index contributed by atoms with van der Waals surface area (Å²) in [5.74, 6) is 1.24. The summed E-state index contributed by atoms with van der Waals surface area (Å²) in [4.78, 5) is 12.7. The molecule has 20 heavy (non-hydrogen) atoms. The Bertz CT molecular complexity index is 566. The molecule has 0 aliphatic carbocycles. The van der Waals surface area contributed by atoms with Crippen molar-refractivity contribution in [2.24, 2.45) is 0 Å². The topological polar surface area (TPSA) is 35.5 Å². The van der Waals surface area contributed by atoms with Crippen LogP contribution in [0.5, 0.6) is 11.5 Å². The van der Waals surface area contributed by atoms with Gasteiger partial charge in [-0.15, -0.1) is 0 Å². The molecule has 0 aromatic heterocycles. The highest BCUT2D eigenvalue weighted by Gasteiger charge is 2.18. The van der Waals surface area contributed by atoms with Crippen molar-refractivity contribution in [1.29, 1.82) is 0 Å². The highest BCUT2D eigenvalue weighted by atomic mass is 16.5. The molecular weight excluding hydrogens is 252 g/mol. The molecular formula is C17H16O3. The van der Waals surface area contributed by atoms with E-state index in [2.05, 4.69) is 0 Å². The second kappa shape index (κ2) is 5.78. The van der Waals surface area contributed by atoms with Crippen molar-refractivity contribution in [2.75, 3.05) is 13.2 Å². The molecule has 0 fully saturated rings. The number of ether oxygens (including phenoxy) is 2. The van der Waals surface area contributed by atoms with Gasteiger partial charge in [-0.3, -0.25) is 4.79 Å². The van der Waals surface area contributed by atoms with Gasteiger partial charge in [0.1, 0.15) is 11.5 Å². The Morgan fingerprint density at radius 2 is 1.15 bits per heavy atom. The maximum atomic E-state index is 12.7. The molecule has 0 spiro atoms. The first kappa shape index (κ1) is 12.7. The molecule has 3 heteroatoms. The maximum absolute atomic E-state index is 12.7. The summed E-state index contributed by atoms with van der Waals surface area (Å²) in [5.41, 5.74) is 1.18. The van der Waals surface area contributed by atoms with Gasteiger partial charge in [-0.1, -0.05) is 24.3 Å². The lowest BCUT2D eigenvalue weighted by Crippen LogP contribution is -2.07. The van der Waals surface area contributed by atoms with Gasteiger partial charge in [-0.05, 0) is 37.1 Å². The van der Waals surface area contributed by atoms with Gasteiger partial charge in [0, 0.05) is 0 Å². The Morgan fingerprint density at radius 3 is 1.65 bits per heavy atom. The predicted octanol–water partition coefficient (Wildman–Crippen LogP) is 3.47. The first-order valence-electron chi connectivity index (χ1n) is 6.84. The minimum atomic E-state index is -0.0573. The third-order valence-electron chi connectivity index (χ3n) is 3.32. The Hall–Kier alpha value is -2.29. The molecule has 0 saturated heterocycles. The zero-order chi connectivity index (χ0) is 13.8. The van der Waals surface area contributed by atoms with Gasteiger partial charge in [0.2, 0.25) is 0 Å². The third-order valence-corrected chi connectivity index (χ3v) is 3.32. The number of benzene rings is 2. The summed E-state index contributed by atoms with van der Waals surface area (Å²) in [6.07, 6.45) is 1.81. The summed E-state index contributed by atoms with van der Waals surface area (Å²) in [7, 11) is 0. The van der Waals surface area contributed by atoms with E-state index in [1.807, 2.05) is 36.4 Å². The van der Waals surface area contributed by atoms with Crippen molar-refractivity contribution in [1.82, 2.24) is 0 Å². The van der Waals surface area contributed by atoms with E-state index >= 15 is 0 Å². The normalized spacial score (nSPS) is 15.1. The van der Waals surface area contributed by atoms with Crippen LogP contribution in [-0.4, -0.2) is 19.0 Å². The van der Waals surface area contributed by atoms with Gasteiger partial charge < -0.3 is 9.47 Å². The molecule has 1 heterocycles. The summed E-state index contributed by atoms with van der Waals surface area (Å²) in [6.45, 7) is 1.20. The lowest BCUT2D eigenvalue weighted by molar-refractivity contribution is 0.103. The molecule has 1 aliphatic rings. The number of hydrogen-bond acceptors (Lipinski definition) is 3. The Kier molecular flexibility index (Phi) is 3.68. The van der Waals surface area contributed by atoms with Gasteiger partial charge in [-0.25, -0.2) is 0 Å². The van der Waals surface area contributed by atoms with Gasteiger partial charge >= 0.3 is 0 Å². The van der Waals surface area contributed by atoms with E-state index in [0.29, 0.717) is 35.8 Å². The second-order valence-corrected chi connectivity index (χ2v) is 4.73. The lowest BCUT2D eigenvalue weighted by atomic mass is 10.0. The van der Waals surface area contributed by atoms with Crippen LogP contribution >= 0.6 is 0 Å². The monoisotopic (exact) mass is 268 g/mol. The van der Waals surface area contributed by atoms with Crippen LogP contribution in [0.3, 0.4) is 0 Å². The molecule has 2 aromatic carbocycles. The fraction of sp³-hybridized carbons (Fsp3) is 0.235. The predicted molar refractivity (Wildman–Crippen MR) is 76.5 cm³/mol. The molecule has 0 amide bonds. The zero-order valence-corrected chi connectivity index (χ0v) is 11.2. The van der Waals surface area contributed by atoms with Crippen LogP contribution in [-0.2, 0) is 0 Å². The molecule has 2 aromatic rings. The zero-order valence-electron chi connectivity index (χ0n) is 11.2. The highest BCUT2D eigenvalue weighted by Crippen LogP contribution is 2.27. The van der Waals surface area contributed by atoms with Gasteiger partial charge in [0.15, 0.2) is 5.78 Å². The van der Waals surface area contributed by atoms with Crippen LogP contribution < -0.4 is 9.47 Å². The number of fused-ring (bicyclic) bond motifs is 2. The van der Waals surface area contributed by atoms with E-state index in [4.69, 9.17) is 9.47 Å². The van der Waals surface area contributed by atoms with Crippen molar-refractivity contribution < 1.29 is 14.3 Å². The molecule has 0 radical (unpaired) electrons. The fourth-order valence-corrected chi connectivity index (χ4v) is 2.27. The van der Waals surface area contributed by atoms with Crippen molar-refractivity contribution in [2.45, 2.75) is 12.8 Å². The van der Waals surface area contributed by atoms with Crippen LogP contribution in [0.2, 0.25) is 0 Å². The number of rotatable bonds is 0. The van der Waals surface area contributed by atoms with E-state index < -0.39 is 0 Å². The average Bonchev–Trinajstić information content (AvgIpc) is 2.53. The summed E-state index contributed by atoms with van der Waals surface area (Å²) in [5, 5.41) is 0.